The second-order valence-electron chi connectivity index (χ2n) is 4.80. The van der Waals surface area contributed by atoms with Gasteiger partial charge in [-0.3, -0.25) is 4.98 Å². The Morgan fingerprint density at radius 3 is 2.74 bits per heavy atom. The van der Waals surface area contributed by atoms with Gasteiger partial charge in [-0.05, 0) is 30.9 Å². The maximum atomic E-state index is 5.87. The number of ether oxygens (including phenoxy) is 1. The summed E-state index contributed by atoms with van der Waals surface area (Å²) in [7, 11) is 0. The molecule has 1 heterocycles. The van der Waals surface area contributed by atoms with Crippen LogP contribution in [0.15, 0.2) is 53.7 Å². The summed E-state index contributed by atoms with van der Waals surface area (Å²) in [6.45, 7) is 0. The van der Waals surface area contributed by atoms with Gasteiger partial charge in [0, 0.05) is 16.8 Å². The second-order valence-corrected chi connectivity index (χ2v) is 5.85. The maximum absolute atomic E-state index is 5.87. The molecule has 1 fully saturated rings. The Kier molecular flexibility index (Phi) is 4.04. The van der Waals surface area contributed by atoms with E-state index in [4.69, 9.17) is 4.74 Å². The number of hydrogen-bond donors (Lipinski definition) is 0. The van der Waals surface area contributed by atoms with E-state index in [1.165, 1.54) is 29.7 Å². The van der Waals surface area contributed by atoms with Crippen LogP contribution in [0.5, 0.6) is 5.75 Å². The van der Waals surface area contributed by atoms with E-state index in [1.54, 1.807) is 11.8 Å². The van der Waals surface area contributed by atoms with E-state index in [0.717, 1.165) is 11.5 Å². The summed E-state index contributed by atoms with van der Waals surface area (Å²) in [4.78, 5) is 5.43. The fourth-order valence-electron chi connectivity index (χ4n) is 1.96. The molecule has 0 aliphatic heterocycles. The molecule has 98 valence electrons. The first-order valence-electron chi connectivity index (χ1n) is 6.68. The van der Waals surface area contributed by atoms with Crippen molar-refractivity contribution < 1.29 is 4.74 Å². The van der Waals surface area contributed by atoms with Crippen LogP contribution in [0.3, 0.4) is 0 Å². The number of aromatic nitrogens is 1. The minimum atomic E-state index is 0.413. The van der Waals surface area contributed by atoms with Crippen LogP contribution >= 0.6 is 11.8 Å². The van der Waals surface area contributed by atoms with Gasteiger partial charge in [-0.1, -0.05) is 30.3 Å². The lowest BCUT2D eigenvalue weighted by Gasteiger charge is -2.26. The summed E-state index contributed by atoms with van der Waals surface area (Å²) in [6, 6.07) is 12.6. The molecule has 2 aromatic rings. The van der Waals surface area contributed by atoms with Gasteiger partial charge in [0.1, 0.15) is 5.75 Å². The highest BCUT2D eigenvalue weighted by Crippen LogP contribution is 2.28. The molecule has 0 amide bonds. The molecule has 0 unspecified atom stereocenters. The fourth-order valence-corrected chi connectivity index (χ4v) is 2.82. The summed E-state index contributed by atoms with van der Waals surface area (Å²) >= 11 is 1.80. The van der Waals surface area contributed by atoms with E-state index in [9.17, 15) is 0 Å². The lowest BCUT2D eigenvalue weighted by molar-refractivity contribution is 0.119. The third kappa shape index (κ3) is 3.51. The lowest BCUT2D eigenvalue weighted by Crippen LogP contribution is -2.24. The zero-order valence-corrected chi connectivity index (χ0v) is 11.6. The zero-order valence-electron chi connectivity index (χ0n) is 10.8. The first-order valence-corrected chi connectivity index (χ1v) is 7.67. The van der Waals surface area contributed by atoms with Gasteiger partial charge in [-0.2, -0.15) is 0 Å². The van der Waals surface area contributed by atoms with Gasteiger partial charge in [-0.25, -0.2) is 0 Å². The summed E-state index contributed by atoms with van der Waals surface area (Å²) in [5.41, 5.74) is 1.33. The quantitative estimate of drug-likeness (QED) is 0.757. The predicted molar refractivity (Wildman–Crippen MR) is 78.5 cm³/mol. The van der Waals surface area contributed by atoms with Crippen LogP contribution in [-0.4, -0.2) is 11.1 Å². The van der Waals surface area contributed by atoms with Gasteiger partial charge in [0.2, 0.25) is 0 Å². The normalized spacial score (nSPS) is 14.9. The Bertz CT molecular complexity index is 525. The summed E-state index contributed by atoms with van der Waals surface area (Å²) < 4.78 is 5.87. The van der Waals surface area contributed by atoms with Gasteiger partial charge in [-0.15, -0.1) is 11.8 Å². The number of hydrogen-bond acceptors (Lipinski definition) is 3. The summed E-state index contributed by atoms with van der Waals surface area (Å²) in [6.07, 6.45) is 7.78. The van der Waals surface area contributed by atoms with Gasteiger partial charge < -0.3 is 4.74 Å². The van der Waals surface area contributed by atoms with E-state index in [2.05, 4.69) is 35.3 Å². The van der Waals surface area contributed by atoms with Crippen molar-refractivity contribution in [3.63, 3.8) is 0 Å². The van der Waals surface area contributed by atoms with Crippen LogP contribution in [0.2, 0.25) is 0 Å². The summed E-state index contributed by atoms with van der Waals surface area (Å²) in [5.74, 6) is 1.87. The fraction of sp³-hybridized carbons (Fsp3) is 0.312. The van der Waals surface area contributed by atoms with Crippen LogP contribution in [0.4, 0.5) is 0 Å². The number of nitrogens with zero attached hydrogens (tertiary/aromatic N) is 1. The van der Waals surface area contributed by atoms with Crippen molar-refractivity contribution in [1.29, 1.82) is 0 Å². The number of pyridine rings is 1. The largest absolute Gasteiger partial charge is 0.489 e. The molecule has 0 bridgehead atoms. The third-order valence-corrected chi connectivity index (χ3v) is 4.33. The number of rotatable bonds is 5. The Morgan fingerprint density at radius 1 is 1.16 bits per heavy atom. The highest BCUT2D eigenvalue weighted by atomic mass is 32.2. The van der Waals surface area contributed by atoms with Gasteiger partial charge in [0.15, 0.2) is 0 Å². The molecule has 0 atom stereocenters. The lowest BCUT2D eigenvalue weighted by atomic mass is 9.96. The molecule has 0 saturated heterocycles. The van der Waals surface area contributed by atoms with E-state index < -0.39 is 0 Å². The molecule has 0 spiro atoms. The SMILES string of the molecule is c1ccc(CSc2cncc(OC3CCC3)c2)cc1. The van der Waals surface area contributed by atoms with Gasteiger partial charge >= 0.3 is 0 Å². The molecule has 3 heteroatoms. The molecule has 3 rings (SSSR count). The first kappa shape index (κ1) is 12.5. The van der Waals surface area contributed by atoms with Gasteiger partial charge in [0.05, 0.1) is 12.3 Å². The molecule has 1 aromatic heterocycles. The van der Waals surface area contributed by atoms with Crippen LogP contribution in [-0.2, 0) is 5.75 Å². The van der Waals surface area contributed by atoms with Crippen molar-refractivity contribution in [3.05, 3.63) is 54.4 Å². The zero-order chi connectivity index (χ0) is 12.9. The second kappa shape index (κ2) is 6.11. The molecule has 0 N–H and O–H groups in total. The molecule has 19 heavy (non-hydrogen) atoms. The molecule has 0 radical (unpaired) electrons. The van der Waals surface area contributed by atoms with E-state index >= 15 is 0 Å². The molecule has 1 aliphatic carbocycles. The van der Waals surface area contributed by atoms with Crippen molar-refractivity contribution in [3.8, 4) is 5.75 Å². The predicted octanol–water partition coefficient (Wildman–Crippen LogP) is 4.31. The van der Waals surface area contributed by atoms with Crippen molar-refractivity contribution >= 4 is 11.8 Å². The Balaban J connectivity index is 1.59. The van der Waals surface area contributed by atoms with Gasteiger partial charge in [0.25, 0.3) is 0 Å². The highest BCUT2D eigenvalue weighted by molar-refractivity contribution is 7.98. The average molecular weight is 271 g/mol. The first-order chi connectivity index (χ1) is 9.40. The standard InChI is InChI=1S/C16H17NOS/c1-2-5-13(6-3-1)12-19-16-9-15(10-17-11-16)18-14-7-4-8-14/h1-3,5-6,9-11,14H,4,7-8,12H2. The Hall–Kier alpha value is -1.48. The molecule has 2 nitrogen and oxygen atoms in total. The number of benzene rings is 1. The van der Waals surface area contributed by atoms with Crippen LogP contribution in [0.1, 0.15) is 24.8 Å². The van der Waals surface area contributed by atoms with E-state index in [0.29, 0.717) is 6.10 Å². The molecular formula is C16H17NOS. The Morgan fingerprint density at radius 2 is 2.00 bits per heavy atom. The smallest absolute Gasteiger partial charge is 0.139 e. The minimum absolute atomic E-state index is 0.413. The van der Waals surface area contributed by atoms with Crippen molar-refractivity contribution in [2.75, 3.05) is 0 Å². The van der Waals surface area contributed by atoms with Crippen molar-refractivity contribution in [1.82, 2.24) is 4.98 Å². The molecule has 1 aliphatic rings. The van der Waals surface area contributed by atoms with Crippen molar-refractivity contribution in [2.24, 2.45) is 0 Å². The van der Waals surface area contributed by atoms with E-state index in [1.807, 2.05) is 18.5 Å². The topological polar surface area (TPSA) is 22.1 Å². The number of thioether (sulfide) groups is 1. The minimum Gasteiger partial charge on any atom is -0.489 e. The molecule has 1 saturated carbocycles. The highest BCUT2D eigenvalue weighted by Gasteiger charge is 2.19. The summed E-state index contributed by atoms with van der Waals surface area (Å²) in [5, 5.41) is 0. The Labute approximate surface area is 118 Å². The van der Waals surface area contributed by atoms with E-state index in [-0.39, 0.29) is 0 Å². The molecule has 1 aromatic carbocycles. The van der Waals surface area contributed by atoms with Crippen LogP contribution < -0.4 is 4.74 Å². The third-order valence-electron chi connectivity index (χ3n) is 3.29. The van der Waals surface area contributed by atoms with Crippen LogP contribution in [0, 0.1) is 0 Å². The van der Waals surface area contributed by atoms with Crippen molar-refractivity contribution in [2.45, 2.75) is 36.0 Å². The monoisotopic (exact) mass is 271 g/mol. The average Bonchev–Trinajstić information content (AvgIpc) is 2.42. The van der Waals surface area contributed by atoms with Crippen LogP contribution in [0.25, 0.3) is 0 Å². The maximum Gasteiger partial charge on any atom is 0.139 e. The molecular weight excluding hydrogens is 254 g/mol.